The van der Waals surface area contributed by atoms with Gasteiger partial charge in [-0.05, 0) is 54.1 Å². The van der Waals surface area contributed by atoms with Crippen molar-refractivity contribution in [2.45, 2.75) is 13.8 Å². The quantitative estimate of drug-likeness (QED) is 0.588. The number of hydrogen-bond acceptors (Lipinski definition) is 2. The highest BCUT2D eigenvalue weighted by atomic mass is 127. The van der Waals surface area contributed by atoms with Gasteiger partial charge in [0, 0.05) is 9.13 Å². The van der Waals surface area contributed by atoms with Crippen molar-refractivity contribution in [3.05, 3.63) is 32.4 Å². The third kappa shape index (κ3) is 2.07. The number of hydrogen-bond donors (Lipinski definition) is 0. The molecule has 0 radical (unpaired) electrons. The molecule has 13 heavy (non-hydrogen) atoms. The molecule has 0 heterocycles. The average molecular weight is 285 g/mol. The molecule has 2 nitrogen and oxygen atoms in total. The highest BCUT2D eigenvalue weighted by Crippen LogP contribution is 2.18. The predicted octanol–water partition coefficient (Wildman–Crippen LogP) is 2.67. The molecule has 0 unspecified atom stereocenters. The molecule has 0 spiro atoms. The summed E-state index contributed by atoms with van der Waals surface area (Å²) in [6.07, 6.45) is 0. The molecule has 66 valence electrons. The van der Waals surface area contributed by atoms with Crippen molar-refractivity contribution in [1.82, 2.24) is 0 Å². The van der Waals surface area contributed by atoms with E-state index in [0.717, 1.165) is 9.13 Å². The number of carbonyl (C=O) groups is 1. The molecule has 1 aromatic rings. The zero-order chi connectivity index (χ0) is 10.0. The van der Waals surface area contributed by atoms with E-state index < -0.39 is 0 Å². The topological polar surface area (TPSA) is 40.9 Å². The van der Waals surface area contributed by atoms with Gasteiger partial charge in [0.15, 0.2) is 5.78 Å². The first-order valence-corrected chi connectivity index (χ1v) is 4.85. The Kier molecular flexibility index (Phi) is 3.04. The second-order valence-corrected chi connectivity index (χ2v) is 3.98. The molecule has 0 amide bonds. The normalized spacial score (nSPS) is 9.38. The second-order valence-electron chi connectivity index (χ2n) is 2.81. The van der Waals surface area contributed by atoms with Crippen LogP contribution in [-0.2, 0) is 0 Å². The van der Waals surface area contributed by atoms with Crippen molar-refractivity contribution < 1.29 is 4.79 Å². The van der Waals surface area contributed by atoms with Crippen LogP contribution in [0.1, 0.15) is 28.4 Å². The molecular weight excluding hydrogens is 277 g/mol. The molecular formula is C10H8INO. The lowest BCUT2D eigenvalue weighted by molar-refractivity contribution is 0.101. The van der Waals surface area contributed by atoms with Crippen LogP contribution in [0.5, 0.6) is 0 Å². The third-order valence-corrected chi connectivity index (χ3v) is 2.96. The molecule has 0 aliphatic rings. The van der Waals surface area contributed by atoms with Gasteiger partial charge in [0.1, 0.15) is 0 Å². The maximum absolute atomic E-state index is 11.1. The number of nitrogens with zero attached hydrogens (tertiary/aromatic N) is 1. The van der Waals surface area contributed by atoms with Gasteiger partial charge in [-0.3, -0.25) is 4.79 Å². The Bertz CT molecular complexity index is 404. The van der Waals surface area contributed by atoms with Crippen molar-refractivity contribution in [2.75, 3.05) is 0 Å². The van der Waals surface area contributed by atoms with Crippen LogP contribution in [0.3, 0.4) is 0 Å². The van der Waals surface area contributed by atoms with Crippen LogP contribution in [-0.4, -0.2) is 5.78 Å². The highest BCUT2D eigenvalue weighted by molar-refractivity contribution is 14.1. The summed E-state index contributed by atoms with van der Waals surface area (Å²) >= 11 is 2.15. The molecule has 3 heteroatoms. The van der Waals surface area contributed by atoms with Crippen LogP contribution in [0.4, 0.5) is 0 Å². The first-order chi connectivity index (χ1) is 6.06. The van der Waals surface area contributed by atoms with E-state index in [1.807, 2.05) is 13.0 Å². The van der Waals surface area contributed by atoms with Crippen LogP contribution in [0, 0.1) is 21.8 Å². The fourth-order valence-corrected chi connectivity index (χ4v) is 1.53. The summed E-state index contributed by atoms with van der Waals surface area (Å²) in [6, 6.07) is 5.53. The van der Waals surface area contributed by atoms with Crippen LogP contribution < -0.4 is 0 Å². The first kappa shape index (κ1) is 10.2. The fraction of sp³-hybridized carbons (Fsp3) is 0.200. The minimum Gasteiger partial charge on any atom is -0.294 e. The van der Waals surface area contributed by atoms with Crippen molar-refractivity contribution in [3.63, 3.8) is 0 Å². The van der Waals surface area contributed by atoms with Crippen molar-refractivity contribution >= 4 is 28.4 Å². The van der Waals surface area contributed by atoms with Gasteiger partial charge in [-0.25, -0.2) is 0 Å². The van der Waals surface area contributed by atoms with Crippen LogP contribution in [0.25, 0.3) is 0 Å². The van der Waals surface area contributed by atoms with E-state index in [0.29, 0.717) is 11.1 Å². The van der Waals surface area contributed by atoms with Gasteiger partial charge in [0.2, 0.25) is 0 Å². The standard InChI is InChI=1S/C10H8INO/c1-6-3-9(7(2)13)8(5-12)4-10(6)11/h3-4H,1-2H3. The molecule has 0 N–H and O–H groups in total. The summed E-state index contributed by atoms with van der Waals surface area (Å²) in [5, 5.41) is 8.78. The van der Waals surface area contributed by atoms with Gasteiger partial charge in [-0.2, -0.15) is 5.26 Å². The van der Waals surface area contributed by atoms with Crippen molar-refractivity contribution in [1.29, 1.82) is 5.26 Å². The van der Waals surface area contributed by atoms with E-state index in [-0.39, 0.29) is 5.78 Å². The Balaban J connectivity index is 3.44. The Morgan fingerprint density at radius 1 is 1.54 bits per heavy atom. The molecule has 1 aromatic carbocycles. The summed E-state index contributed by atoms with van der Waals surface area (Å²) in [5.74, 6) is -0.0592. The Morgan fingerprint density at radius 2 is 2.15 bits per heavy atom. The number of carbonyl (C=O) groups excluding carboxylic acids is 1. The number of ketones is 1. The maximum atomic E-state index is 11.1. The zero-order valence-corrected chi connectivity index (χ0v) is 9.55. The fourth-order valence-electron chi connectivity index (χ4n) is 1.07. The number of Topliss-reactive ketones (excluding diaryl/α,β-unsaturated/α-hetero) is 1. The highest BCUT2D eigenvalue weighted by Gasteiger charge is 2.08. The van der Waals surface area contributed by atoms with Crippen LogP contribution in [0.2, 0.25) is 0 Å². The average Bonchev–Trinajstić information content (AvgIpc) is 2.08. The molecule has 0 aliphatic carbocycles. The molecule has 0 fully saturated rings. The minimum absolute atomic E-state index is 0.0592. The molecule has 0 atom stereocenters. The van der Waals surface area contributed by atoms with Crippen molar-refractivity contribution in [3.8, 4) is 6.07 Å². The maximum Gasteiger partial charge on any atom is 0.161 e. The lowest BCUT2D eigenvalue weighted by atomic mass is 10.0. The monoisotopic (exact) mass is 285 g/mol. The lowest BCUT2D eigenvalue weighted by Crippen LogP contribution is -1.98. The number of nitriles is 1. The molecule has 0 aromatic heterocycles. The van der Waals surface area contributed by atoms with Crippen LogP contribution in [0.15, 0.2) is 12.1 Å². The molecule has 0 aliphatic heterocycles. The van der Waals surface area contributed by atoms with Gasteiger partial charge >= 0.3 is 0 Å². The molecule has 0 saturated carbocycles. The number of benzene rings is 1. The number of rotatable bonds is 1. The molecule has 1 rings (SSSR count). The molecule has 0 saturated heterocycles. The van der Waals surface area contributed by atoms with E-state index in [4.69, 9.17) is 5.26 Å². The van der Waals surface area contributed by atoms with Gasteiger partial charge in [-0.1, -0.05) is 0 Å². The predicted molar refractivity (Wildman–Crippen MR) is 58.6 cm³/mol. The van der Waals surface area contributed by atoms with Gasteiger partial charge in [-0.15, -0.1) is 0 Å². The third-order valence-electron chi connectivity index (χ3n) is 1.80. The Labute approximate surface area is 90.7 Å². The number of halogens is 1. The van der Waals surface area contributed by atoms with E-state index >= 15 is 0 Å². The largest absolute Gasteiger partial charge is 0.294 e. The van der Waals surface area contributed by atoms with E-state index in [9.17, 15) is 4.79 Å². The Morgan fingerprint density at radius 3 is 2.62 bits per heavy atom. The summed E-state index contributed by atoms with van der Waals surface area (Å²) in [5.41, 5.74) is 2.01. The van der Waals surface area contributed by atoms with Gasteiger partial charge < -0.3 is 0 Å². The van der Waals surface area contributed by atoms with Gasteiger partial charge in [0.25, 0.3) is 0 Å². The smallest absolute Gasteiger partial charge is 0.161 e. The lowest BCUT2D eigenvalue weighted by Gasteiger charge is -2.03. The number of aryl methyl sites for hydroxylation is 1. The first-order valence-electron chi connectivity index (χ1n) is 3.77. The summed E-state index contributed by atoms with van der Waals surface area (Å²) in [6.45, 7) is 3.40. The van der Waals surface area contributed by atoms with Gasteiger partial charge in [0.05, 0.1) is 11.6 Å². The Hall–Kier alpha value is -0.890. The summed E-state index contributed by atoms with van der Waals surface area (Å²) < 4.78 is 1.01. The molecule has 0 bridgehead atoms. The summed E-state index contributed by atoms with van der Waals surface area (Å²) in [4.78, 5) is 11.1. The van der Waals surface area contributed by atoms with Crippen LogP contribution >= 0.6 is 22.6 Å². The van der Waals surface area contributed by atoms with E-state index in [1.165, 1.54) is 6.92 Å². The zero-order valence-electron chi connectivity index (χ0n) is 7.39. The summed E-state index contributed by atoms with van der Waals surface area (Å²) in [7, 11) is 0. The SMILES string of the molecule is CC(=O)c1cc(C)c(I)cc1C#N. The minimum atomic E-state index is -0.0592. The van der Waals surface area contributed by atoms with Crippen molar-refractivity contribution in [2.24, 2.45) is 0 Å². The van der Waals surface area contributed by atoms with E-state index in [2.05, 4.69) is 22.6 Å². The second kappa shape index (κ2) is 3.88. The van der Waals surface area contributed by atoms with E-state index in [1.54, 1.807) is 12.1 Å².